The maximum absolute atomic E-state index is 7.36. The Morgan fingerprint density at radius 1 is 0.902 bits per heavy atom. The van der Waals surface area contributed by atoms with E-state index < -0.39 is 14.1 Å². The number of hydrogen-bond donors (Lipinski definition) is 0. The van der Waals surface area contributed by atoms with Crippen LogP contribution in [0.2, 0.25) is 5.04 Å². The molecule has 0 unspecified atom stereocenters. The van der Waals surface area contributed by atoms with Crippen molar-refractivity contribution in [3.05, 3.63) is 109 Å². The highest BCUT2D eigenvalue weighted by molar-refractivity contribution is 6.99. The summed E-state index contributed by atoms with van der Waals surface area (Å²) < 4.78 is 33.1. The van der Waals surface area contributed by atoms with Gasteiger partial charge in [-0.05, 0) is 39.9 Å². The molecule has 2 aliphatic rings. The number of rotatable bonds is 10. The molecule has 0 N–H and O–H groups in total. The maximum Gasteiger partial charge on any atom is 0.261 e. The second-order valence-corrected chi connectivity index (χ2v) is 16.4. The molecule has 0 radical (unpaired) electrons. The summed E-state index contributed by atoms with van der Waals surface area (Å²) in [6.45, 7) is 8.35. The van der Waals surface area contributed by atoms with Gasteiger partial charge in [-0.2, -0.15) is 0 Å². The third-order valence-corrected chi connectivity index (χ3v) is 13.3. The molecule has 0 aliphatic carbocycles. The Morgan fingerprint density at radius 2 is 1.51 bits per heavy atom. The van der Waals surface area contributed by atoms with Crippen LogP contribution in [0.5, 0.6) is 0 Å². The van der Waals surface area contributed by atoms with Crippen molar-refractivity contribution < 1.29 is 23.4 Å². The second kappa shape index (κ2) is 13.2. The molecule has 3 aromatic carbocycles. The molecule has 1 saturated heterocycles. The van der Waals surface area contributed by atoms with E-state index in [2.05, 4.69) is 106 Å². The van der Waals surface area contributed by atoms with E-state index in [0.29, 0.717) is 19.8 Å². The van der Waals surface area contributed by atoms with Gasteiger partial charge >= 0.3 is 0 Å². The maximum atomic E-state index is 7.36. The van der Waals surface area contributed by atoms with Crippen LogP contribution in [0, 0.1) is 0 Å². The van der Waals surface area contributed by atoms with Gasteiger partial charge in [0.2, 0.25) is 0 Å². The highest BCUT2D eigenvalue weighted by Gasteiger charge is 2.52. The first-order valence-electron chi connectivity index (χ1n) is 14.8. The lowest BCUT2D eigenvalue weighted by Crippen LogP contribution is -2.67. The predicted octanol–water partition coefficient (Wildman–Crippen LogP) is 6.02. The fourth-order valence-electron chi connectivity index (χ4n) is 6.26. The molecule has 1 spiro atoms. The fourth-order valence-corrected chi connectivity index (χ4v) is 10.8. The first-order valence-corrected chi connectivity index (χ1v) is 16.7. The highest BCUT2D eigenvalue weighted by Crippen LogP contribution is 2.39. The minimum Gasteiger partial charge on any atom is -0.405 e. The van der Waals surface area contributed by atoms with Crippen molar-refractivity contribution in [2.75, 3.05) is 20.3 Å². The number of methoxy groups -OCH3 is 1. The van der Waals surface area contributed by atoms with Gasteiger partial charge in [0.15, 0.2) is 5.79 Å². The van der Waals surface area contributed by atoms with Gasteiger partial charge in [-0.15, -0.1) is 0 Å². The lowest BCUT2D eigenvalue weighted by atomic mass is 9.94. The average Bonchev–Trinajstić information content (AvgIpc) is 3.00. The van der Waals surface area contributed by atoms with E-state index in [9.17, 15) is 0 Å². The zero-order valence-corrected chi connectivity index (χ0v) is 25.8. The number of benzene rings is 3. The molecule has 3 aromatic rings. The highest BCUT2D eigenvalue weighted by atomic mass is 28.4. The molecule has 0 bridgehead atoms. The Hall–Kier alpha value is -2.58. The summed E-state index contributed by atoms with van der Waals surface area (Å²) in [5.74, 6) is -0.746. The van der Waals surface area contributed by atoms with Crippen LogP contribution in [0.15, 0.2) is 103 Å². The van der Waals surface area contributed by atoms with Crippen LogP contribution < -0.4 is 10.4 Å². The van der Waals surface area contributed by atoms with E-state index >= 15 is 0 Å². The van der Waals surface area contributed by atoms with Crippen LogP contribution in [-0.4, -0.2) is 52.7 Å². The van der Waals surface area contributed by atoms with Gasteiger partial charge in [-0.3, -0.25) is 0 Å². The molecule has 6 heteroatoms. The van der Waals surface area contributed by atoms with Gasteiger partial charge in [-0.25, -0.2) is 0 Å². The van der Waals surface area contributed by atoms with E-state index in [4.69, 9.17) is 23.4 Å². The Morgan fingerprint density at radius 3 is 2.05 bits per heavy atom. The van der Waals surface area contributed by atoms with Gasteiger partial charge < -0.3 is 23.4 Å². The monoisotopic (exact) mass is 572 g/mol. The number of hydrogen-bond acceptors (Lipinski definition) is 5. The van der Waals surface area contributed by atoms with Crippen LogP contribution in [0.25, 0.3) is 0 Å². The molecule has 1 fully saturated rings. The first-order chi connectivity index (χ1) is 19.9. The summed E-state index contributed by atoms with van der Waals surface area (Å²) >= 11 is 0. The Bertz CT molecular complexity index is 1200. The summed E-state index contributed by atoms with van der Waals surface area (Å²) in [5, 5.41) is 2.33. The van der Waals surface area contributed by atoms with Gasteiger partial charge in [-0.1, -0.05) is 118 Å². The van der Waals surface area contributed by atoms with E-state index in [1.54, 1.807) is 7.11 Å². The van der Waals surface area contributed by atoms with Crippen molar-refractivity contribution in [2.45, 2.75) is 75.8 Å². The van der Waals surface area contributed by atoms with E-state index in [1.807, 2.05) is 18.2 Å². The minimum atomic E-state index is -2.79. The molecular formula is C35H44O5Si. The fraction of sp³-hybridized carbons (Fsp3) is 0.429. The van der Waals surface area contributed by atoms with Crippen molar-refractivity contribution >= 4 is 18.7 Å². The summed E-state index contributed by atoms with van der Waals surface area (Å²) in [5.41, 5.74) is 1.11. The van der Waals surface area contributed by atoms with E-state index in [1.165, 1.54) is 10.4 Å². The van der Waals surface area contributed by atoms with E-state index in [-0.39, 0.29) is 23.4 Å². The largest absolute Gasteiger partial charge is 0.405 e. The zero-order chi connectivity index (χ0) is 28.8. The van der Waals surface area contributed by atoms with Crippen LogP contribution >= 0.6 is 0 Å². The van der Waals surface area contributed by atoms with Crippen molar-refractivity contribution in [1.29, 1.82) is 0 Å². The Labute approximate surface area is 246 Å². The van der Waals surface area contributed by atoms with Crippen molar-refractivity contribution in [3.63, 3.8) is 0 Å². The topological polar surface area (TPSA) is 46.2 Å². The molecule has 5 nitrogen and oxygen atoms in total. The first kappa shape index (κ1) is 29.9. The molecule has 0 amide bonds. The Kier molecular flexibility index (Phi) is 9.59. The lowest BCUT2D eigenvalue weighted by molar-refractivity contribution is -0.299. The van der Waals surface area contributed by atoms with Gasteiger partial charge in [0.05, 0.1) is 25.9 Å². The van der Waals surface area contributed by atoms with Gasteiger partial charge in [0.25, 0.3) is 8.32 Å². The normalized spacial score (nSPS) is 23.9. The molecule has 0 aromatic heterocycles. The minimum absolute atomic E-state index is 0.136. The Balaban J connectivity index is 1.52. The second-order valence-electron chi connectivity index (χ2n) is 12.1. The summed E-state index contributed by atoms with van der Waals surface area (Å²) in [6.07, 6.45) is 5.82. The third-order valence-electron chi connectivity index (χ3n) is 8.34. The summed E-state index contributed by atoms with van der Waals surface area (Å²) in [6, 6.07) is 31.7. The number of ether oxygens (including phenoxy) is 4. The third kappa shape index (κ3) is 6.59. The lowest BCUT2D eigenvalue weighted by Gasteiger charge is -2.47. The van der Waals surface area contributed by atoms with Crippen LogP contribution in [0.3, 0.4) is 0 Å². The summed E-state index contributed by atoms with van der Waals surface area (Å²) in [4.78, 5) is 0. The molecule has 2 heterocycles. The average molecular weight is 573 g/mol. The molecule has 5 rings (SSSR count). The van der Waals surface area contributed by atoms with Crippen LogP contribution in [0.1, 0.15) is 45.6 Å². The standard InChI is InChI=1S/C35H44O5Si/c1-34(2,3)41(29-18-10-6-11-19-29,30-20-12-7-13-21-30)39-27-32(37-26-28-16-8-5-9-17-28)33-31(36-4)22-24-35(40-33)23-14-15-25-38-35/h5-14,16-21,23,31-33H,15,22,24-27H2,1-4H3/t31-,32+,33-,35-/m0/s1. The van der Waals surface area contributed by atoms with Crippen LogP contribution in [-0.2, 0) is 30.0 Å². The molecule has 0 saturated carbocycles. The molecule has 41 heavy (non-hydrogen) atoms. The molecule has 2 aliphatic heterocycles. The van der Waals surface area contributed by atoms with Gasteiger partial charge in [0.1, 0.15) is 12.2 Å². The van der Waals surface area contributed by atoms with Crippen molar-refractivity contribution in [1.82, 2.24) is 0 Å². The summed E-state index contributed by atoms with van der Waals surface area (Å²) in [7, 11) is -1.03. The van der Waals surface area contributed by atoms with Crippen molar-refractivity contribution in [2.24, 2.45) is 0 Å². The zero-order valence-electron chi connectivity index (χ0n) is 24.8. The van der Waals surface area contributed by atoms with E-state index in [0.717, 1.165) is 24.8 Å². The van der Waals surface area contributed by atoms with Crippen LogP contribution in [0.4, 0.5) is 0 Å². The molecule has 4 atom stereocenters. The molecular weight excluding hydrogens is 528 g/mol. The quantitative estimate of drug-likeness (QED) is 0.220. The smallest absolute Gasteiger partial charge is 0.261 e. The predicted molar refractivity (Wildman–Crippen MR) is 166 cm³/mol. The van der Waals surface area contributed by atoms with Crippen molar-refractivity contribution in [3.8, 4) is 0 Å². The molecule has 218 valence electrons. The SMILES string of the molecule is CO[C@H]1CC[C@]2(C=CCCO2)O[C@@H]1[C@@H](CO[Si](c1ccccc1)(c1ccccc1)C(C)(C)C)OCc1ccccc1. The van der Waals surface area contributed by atoms with Gasteiger partial charge in [0, 0.05) is 13.5 Å².